The first-order valence-corrected chi connectivity index (χ1v) is 15.3. The van der Waals surface area contributed by atoms with Crippen molar-refractivity contribution in [2.24, 2.45) is 5.41 Å². The lowest BCUT2D eigenvalue weighted by atomic mass is 9.75. The number of hydrogen-bond acceptors (Lipinski definition) is 10. The van der Waals surface area contributed by atoms with Gasteiger partial charge in [0.15, 0.2) is 5.65 Å². The predicted octanol–water partition coefficient (Wildman–Crippen LogP) is 4.13. The highest BCUT2D eigenvalue weighted by Gasteiger charge is 2.52. The Morgan fingerprint density at radius 2 is 1.98 bits per heavy atom. The zero-order chi connectivity index (χ0) is 32.1. The van der Waals surface area contributed by atoms with E-state index in [0.717, 1.165) is 26.3 Å². The summed E-state index contributed by atoms with van der Waals surface area (Å²) >= 11 is 0. The van der Waals surface area contributed by atoms with Crippen molar-refractivity contribution in [3.63, 3.8) is 0 Å². The summed E-state index contributed by atoms with van der Waals surface area (Å²) in [7, 11) is 0. The minimum atomic E-state index is -0.784. The van der Waals surface area contributed by atoms with Gasteiger partial charge < -0.3 is 20.1 Å². The summed E-state index contributed by atoms with van der Waals surface area (Å²) in [6.07, 6.45) is 4.50. The number of hydrogen-bond donors (Lipinski definition) is 1. The lowest BCUT2D eigenvalue weighted by molar-refractivity contribution is -0.204. The minimum Gasteiger partial charge on any atom is -0.439 e. The van der Waals surface area contributed by atoms with Gasteiger partial charge in [0.2, 0.25) is 11.8 Å². The molecule has 3 aromatic heterocycles. The molecule has 1 amide bonds. The van der Waals surface area contributed by atoms with Crippen LogP contribution in [0.4, 0.5) is 10.2 Å². The Morgan fingerprint density at radius 1 is 1.20 bits per heavy atom. The molecule has 1 aromatic carbocycles. The first-order valence-electron chi connectivity index (χ1n) is 15.3. The van der Waals surface area contributed by atoms with Gasteiger partial charge in [-0.05, 0) is 51.0 Å². The number of carbonyl (C=O) groups is 1. The van der Waals surface area contributed by atoms with Crippen LogP contribution in [-0.4, -0.2) is 85.4 Å². The number of aromatic nitrogens is 5. The summed E-state index contributed by atoms with van der Waals surface area (Å²) in [6.45, 7) is 8.15. The number of nitriles is 1. The zero-order valence-electron chi connectivity index (χ0n) is 25.7. The number of halogens is 1. The van der Waals surface area contributed by atoms with Crippen molar-refractivity contribution in [1.82, 2.24) is 34.5 Å². The Hall–Kier alpha value is -4.93. The monoisotopic (exact) mass is 623 g/mol. The molecule has 236 valence electrons. The molecular formula is C33H34FN9O3. The zero-order valence-corrected chi connectivity index (χ0v) is 25.7. The van der Waals surface area contributed by atoms with Crippen molar-refractivity contribution in [1.29, 1.82) is 5.26 Å². The lowest BCUT2D eigenvalue weighted by Crippen LogP contribution is -2.70. The molecule has 1 atom stereocenters. The first kappa shape index (κ1) is 29.8. The van der Waals surface area contributed by atoms with Crippen LogP contribution in [0.3, 0.4) is 0 Å². The predicted molar refractivity (Wildman–Crippen MR) is 167 cm³/mol. The molecule has 13 heteroatoms. The van der Waals surface area contributed by atoms with Gasteiger partial charge in [-0.2, -0.15) is 19.7 Å². The molecule has 0 radical (unpaired) electrons. The number of ether oxygens (including phenoxy) is 2. The highest BCUT2D eigenvalue weighted by atomic mass is 19.1. The molecule has 2 N–H and O–H groups in total. The average molecular weight is 624 g/mol. The van der Waals surface area contributed by atoms with E-state index in [2.05, 4.69) is 25.9 Å². The maximum atomic E-state index is 15.5. The quantitative estimate of drug-likeness (QED) is 0.181. The fraction of sp³-hybridized carbons (Fsp3) is 0.394. The normalized spacial score (nSPS) is 19.8. The Bertz CT molecular complexity index is 1870. The number of rotatable bonds is 7. The second kappa shape index (κ2) is 11.5. The Kier molecular flexibility index (Phi) is 7.41. The van der Waals surface area contributed by atoms with Gasteiger partial charge in [0, 0.05) is 43.2 Å². The van der Waals surface area contributed by atoms with Gasteiger partial charge in [-0.1, -0.05) is 18.2 Å². The van der Waals surface area contributed by atoms with E-state index in [9.17, 15) is 10.1 Å². The number of amides is 1. The van der Waals surface area contributed by atoms with Crippen LogP contribution >= 0.6 is 0 Å². The van der Waals surface area contributed by atoms with Crippen LogP contribution in [0.2, 0.25) is 0 Å². The second-order valence-corrected chi connectivity index (χ2v) is 12.9. The molecule has 3 aliphatic heterocycles. The lowest BCUT2D eigenvalue weighted by Gasteiger charge is -2.59. The molecule has 0 bridgehead atoms. The number of carbonyl (C=O) groups excluding carboxylic acids is 1. The number of nitrogens with zero attached hydrogens (tertiary/aromatic N) is 8. The summed E-state index contributed by atoms with van der Waals surface area (Å²) in [5, 5.41) is 15.2. The first-order chi connectivity index (χ1) is 22.2. The standard InChI is InChI=1S/C33H34FN9O3/c1-32(2,42-16-33(17-42)18-45-19-33)13-21(14-35)31(44)41-12-6-7-22(15-41)43-30-26(29(36)37-20-38-30)27(40-43)24-10-11-25(39-28(24)34)46-23-8-4-3-5-9-23/h3-5,8-11,13,20,22H,6-7,12,15-19H2,1-2H3,(H2,36,37,38)/t22-/m1/s1. The van der Waals surface area contributed by atoms with E-state index < -0.39 is 11.5 Å². The molecular weight excluding hydrogens is 589 g/mol. The highest BCUT2D eigenvalue weighted by Crippen LogP contribution is 2.42. The molecule has 7 rings (SSSR count). The Labute approximate surface area is 265 Å². The number of para-hydroxylation sites is 1. The molecule has 46 heavy (non-hydrogen) atoms. The van der Waals surface area contributed by atoms with Gasteiger partial charge in [0.25, 0.3) is 5.91 Å². The molecule has 0 saturated carbocycles. The van der Waals surface area contributed by atoms with Gasteiger partial charge in [0.05, 0.1) is 30.2 Å². The molecule has 1 spiro atoms. The SMILES string of the molecule is CC(C)(C=C(C#N)C(=O)N1CCC[C@@H](n2nc(-c3ccc(Oc4ccccc4)nc3F)c3c(N)ncnc32)C1)N1CC2(COC2)C1. The van der Waals surface area contributed by atoms with Crippen molar-refractivity contribution in [3.05, 3.63) is 66.4 Å². The molecule has 12 nitrogen and oxygen atoms in total. The third kappa shape index (κ3) is 5.33. The summed E-state index contributed by atoms with van der Waals surface area (Å²) in [4.78, 5) is 30.3. The van der Waals surface area contributed by atoms with Crippen molar-refractivity contribution in [2.45, 2.75) is 38.3 Å². The van der Waals surface area contributed by atoms with E-state index in [-0.39, 0.29) is 45.9 Å². The second-order valence-electron chi connectivity index (χ2n) is 12.9. The van der Waals surface area contributed by atoms with Gasteiger partial charge in [-0.3, -0.25) is 9.69 Å². The fourth-order valence-electron chi connectivity index (χ4n) is 6.54. The maximum absolute atomic E-state index is 15.5. The molecule has 0 aliphatic carbocycles. The van der Waals surface area contributed by atoms with Gasteiger partial charge in [-0.25, -0.2) is 14.6 Å². The molecule has 3 saturated heterocycles. The van der Waals surface area contributed by atoms with Crippen molar-refractivity contribution in [3.8, 4) is 29.0 Å². The van der Waals surface area contributed by atoms with Crippen LogP contribution in [0.5, 0.6) is 11.6 Å². The summed E-state index contributed by atoms with van der Waals surface area (Å²) in [6, 6.07) is 13.9. The number of nitrogen functional groups attached to an aromatic ring is 1. The molecule has 4 aromatic rings. The van der Waals surface area contributed by atoms with Gasteiger partial charge >= 0.3 is 0 Å². The Balaban J connectivity index is 1.14. The number of benzene rings is 1. The maximum Gasteiger partial charge on any atom is 0.264 e. The number of piperidine rings is 1. The van der Waals surface area contributed by atoms with Crippen LogP contribution in [0.15, 0.2) is 60.4 Å². The molecule has 3 fully saturated rings. The molecule has 3 aliphatic rings. The number of anilines is 1. The smallest absolute Gasteiger partial charge is 0.264 e. The molecule has 6 heterocycles. The summed E-state index contributed by atoms with van der Waals surface area (Å²) in [5.74, 6) is -0.332. The third-order valence-corrected chi connectivity index (χ3v) is 9.12. The van der Waals surface area contributed by atoms with Gasteiger partial charge in [-0.15, -0.1) is 0 Å². The van der Waals surface area contributed by atoms with E-state index in [4.69, 9.17) is 20.3 Å². The van der Waals surface area contributed by atoms with Crippen molar-refractivity contribution in [2.75, 3.05) is 45.1 Å². The van der Waals surface area contributed by atoms with Crippen LogP contribution in [0.1, 0.15) is 32.7 Å². The fourth-order valence-corrected chi connectivity index (χ4v) is 6.54. The van der Waals surface area contributed by atoms with E-state index in [1.54, 1.807) is 39.9 Å². The number of likely N-dealkylation sites (tertiary alicyclic amines) is 2. The Morgan fingerprint density at radius 3 is 2.67 bits per heavy atom. The topological polar surface area (TPSA) is 148 Å². The summed E-state index contributed by atoms with van der Waals surface area (Å²) in [5.41, 5.74) is 6.95. The van der Waals surface area contributed by atoms with E-state index in [1.807, 2.05) is 32.0 Å². The van der Waals surface area contributed by atoms with Crippen LogP contribution in [-0.2, 0) is 9.53 Å². The van der Waals surface area contributed by atoms with Crippen LogP contribution < -0.4 is 10.5 Å². The average Bonchev–Trinajstić information content (AvgIpc) is 3.39. The largest absolute Gasteiger partial charge is 0.439 e. The third-order valence-electron chi connectivity index (χ3n) is 9.12. The van der Waals surface area contributed by atoms with E-state index in [0.29, 0.717) is 42.7 Å². The van der Waals surface area contributed by atoms with Crippen molar-refractivity contribution >= 4 is 22.8 Å². The van der Waals surface area contributed by atoms with Crippen LogP contribution in [0, 0.1) is 22.7 Å². The highest BCUT2D eigenvalue weighted by molar-refractivity contribution is 5.99. The minimum absolute atomic E-state index is 0.0945. The number of fused-ring (bicyclic) bond motifs is 1. The van der Waals surface area contributed by atoms with Crippen molar-refractivity contribution < 1.29 is 18.7 Å². The number of pyridine rings is 1. The summed E-state index contributed by atoms with van der Waals surface area (Å²) < 4.78 is 28.3. The molecule has 0 unspecified atom stereocenters. The van der Waals surface area contributed by atoms with Gasteiger partial charge in [0.1, 0.15) is 35.2 Å². The number of nitrogens with two attached hydrogens (primary N) is 1. The van der Waals surface area contributed by atoms with Crippen LogP contribution in [0.25, 0.3) is 22.3 Å². The van der Waals surface area contributed by atoms with E-state index in [1.165, 1.54) is 6.33 Å². The van der Waals surface area contributed by atoms with E-state index >= 15 is 4.39 Å².